The molecule has 0 spiro atoms. The van der Waals surface area contributed by atoms with Crippen molar-refractivity contribution in [1.29, 1.82) is 5.26 Å². The van der Waals surface area contributed by atoms with Gasteiger partial charge in [-0.25, -0.2) is 0 Å². The van der Waals surface area contributed by atoms with Crippen LogP contribution in [-0.4, -0.2) is 4.92 Å². The first kappa shape index (κ1) is 13.6. The first-order valence-electron chi connectivity index (χ1n) is 5.22. The number of nitro groups is 1. The molecule has 0 unspecified atom stereocenters. The maximum absolute atomic E-state index is 11.0. The topological polar surface area (TPSA) is 66.9 Å². The van der Waals surface area contributed by atoms with Crippen molar-refractivity contribution < 1.29 is 4.92 Å². The Morgan fingerprint density at radius 1 is 1.21 bits per heavy atom. The summed E-state index contributed by atoms with van der Waals surface area (Å²) in [5.41, 5.74) is 0.624. The summed E-state index contributed by atoms with van der Waals surface area (Å²) in [5.74, 6) is 0. The standard InChI is InChI=1S/C13H7BrN2O2S/c14-10-3-6-13(12(7-10)16(17)18)19-11-4-1-9(8-15)2-5-11/h1-7H. The molecule has 0 saturated carbocycles. The number of hydrogen-bond donors (Lipinski definition) is 0. The minimum absolute atomic E-state index is 0.0590. The van der Waals surface area contributed by atoms with Crippen molar-refractivity contribution in [2.75, 3.05) is 0 Å². The van der Waals surface area contributed by atoms with E-state index in [9.17, 15) is 10.1 Å². The van der Waals surface area contributed by atoms with E-state index in [0.717, 1.165) is 4.90 Å². The smallest absolute Gasteiger partial charge is 0.258 e. The fourth-order valence-corrected chi connectivity index (χ4v) is 2.69. The third-order valence-electron chi connectivity index (χ3n) is 2.33. The highest BCUT2D eigenvalue weighted by atomic mass is 79.9. The summed E-state index contributed by atoms with van der Waals surface area (Å²) in [4.78, 5) is 12.0. The van der Waals surface area contributed by atoms with Gasteiger partial charge in [0.25, 0.3) is 5.69 Å². The van der Waals surface area contributed by atoms with Gasteiger partial charge in [-0.2, -0.15) is 5.26 Å². The molecule has 94 valence electrons. The monoisotopic (exact) mass is 334 g/mol. The molecule has 2 rings (SSSR count). The lowest BCUT2D eigenvalue weighted by atomic mass is 10.2. The van der Waals surface area contributed by atoms with Gasteiger partial charge in [0, 0.05) is 15.4 Å². The van der Waals surface area contributed by atoms with Crippen LogP contribution < -0.4 is 0 Å². The number of hydrogen-bond acceptors (Lipinski definition) is 4. The van der Waals surface area contributed by atoms with Gasteiger partial charge in [0.2, 0.25) is 0 Å². The number of nitriles is 1. The van der Waals surface area contributed by atoms with Crippen LogP contribution in [0.15, 0.2) is 56.7 Å². The van der Waals surface area contributed by atoms with Crippen LogP contribution in [0, 0.1) is 21.4 Å². The normalized spacial score (nSPS) is 9.89. The molecule has 0 atom stereocenters. The summed E-state index contributed by atoms with van der Waals surface area (Å²) in [5, 5.41) is 19.7. The van der Waals surface area contributed by atoms with Gasteiger partial charge >= 0.3 is 0 Å². The molecule has 0 radical (unpaired) electrons. The first-order chi connectivity index (χ1) is 9.10. The molecule has 19 heavy (non-hydrogen) atoms. The number of nitrogens with zero attached hydrogens (tertiary/aromatic N) is 2. The van der Waals surface area contributed by atoms with Crippen LogP contribution in [-0.2, 0) is 0 Å². The molecular weight excluding hydrogens is 328 g/mol. The van der Waals surface area contributed by atoms with E-state index in [4.69, 9.17) is 5.26 Å². The molecule has 0 aromatic heterocycles. The van der Waals surface area contributed by atoms with Crippen molar-refractivity contribution in [2.24, 2.45) is 0 Å². The Hall–Kier alpha value is -1.84. The van der Waals surface area contributed by atoms with Gasteiger partial charge in [0.1, 0.15) is 0 Å². The van der Waals surface area contributed by atoms with Crippen molar-refractivity contribution in [2.45, 2.75) is 9.79 Å². The quantitative estimate of drug-likeness (QED) is 0.617. The third kappa shape index (κ3) is 3.34. The van der Waals surface area contributed by atoms with Crippen molar-refractivity contribution in [3.63, 3.8) is 0 Å². The molecule has 0 saturated heterocycles. The predicted molar refractivity (Wildman–Crippen MR) is 76.1 cm³/mol. The fraction of sp³-hybridized carbons (Fsp3) is 0. The summed E-state index contributed by atoms with van der Waals surface area (Å²) in [6.07, 6.45) is 0. The van der Waals surface area contributed by atoms with E-state index in [1.54, 1.807) is 36.4 Å². The molecule has 0 bridgehead atoms. The Kier molecular flexibility index (Phi) is 4.20. The molecule has 4 nitrogen and oxygen atoms in total. The van der Waals surface area contributed by atoms with Crippen LogP contribution in [0.4, 0.5) is 5.69 Å². The average molecular weight is 335 g/mol. The average Bonchev–Trinajstić information content (AvgIpc) is 2.41. The highest BCUT2D eigenvalue weighted by molar-refractivity contribution is 9.10. The van der Waals surface area contributed by atoms with Crippen molar-refractivity contribution in [3.05, 3.63) is 62.6 Å². The van der Waals surface area contributed by atoms with Crippen LogP contribution in [0.5, 0.6) is 0 Å². The lowest BCUT2D eigenvalue weighted by molar-refractivity contribution is -0.387. The van der Waals surface area contributed by atoms with Crippen molar-refractivity contribution in [1.82, 2.24) is 0 Å². The molecule has 0 aliphatic rings. The van der Waals surface area contributed by atoms with Crippen LogP contribution in [0.3, 0.4) is 0 Å². The summed E-state index contributed by atoms with van der Waals surface area (Å²) in [6.45, 7) is 0. The third-order valence-corrected chi connectivity index (χ3v) is 3.90. The molecule has 0 aliphatic carbocycles. The van der Waals surface area contributed by atoms with E-state index in [2.05, 4.69) is 15.9 Å². The summed E-state index contributed by atoms with van der Waals surface area (Å²) >= 11 is 4.52. The lowest BCUT2D eigenvalue weighted by Crippen LogP contribution is -1.90. The fourth-order valence-electron chi connectivity index (χ4n) is 1.44. The molecule has 0 amide bonds. The minimum Gasteiger partial charge on any atom is -0.258 e. The Morgan fingerprint density at radius 3 is 2.47 bits per heavy atom. The van der Waals surface area contributed by atoms with Gasteiger partial charge in [-0.05, 0) is 36.4 Å². The zero-order valence-electron chi connectivity index (χ0n) is 9.54. The molecular formula is C13H7BrN2O2S. The second-order valence-corrected chi connectivity index (χ2v) is 5.64. The molecule has 2 aromatic rings. The zero-order chi connectivity index (χ0) is 13.8. The Morgan fingerprint density at radius 2 is 1.89 bits per heavy atom. The highest BCUT2D eigenvalue weighted by Gasteiger charge is 2.15. The second-order valence-electron chi connectivity index (χ2n) is 3.61. The van der Waals surface area contributed by atoms with Crippen LogP contribution in [0.2, 0.25) is 0 Å². The van der Waals surface area contributed by atoms with E-state index in [-0.39, 0.29) is 5.69 Å². The molecule has 0 N–H and O–H groups in total. The summed E-state index contributed by atoms with van der Waals surface area (Å²) < 4.78 is 0.670. The van der Waals surface area contributed by atoms with E-state index in [0.29, 0.717) is 14.9 Å². The van der Waals surface area contributed by atoms with Gasteiger partial charge in [0.05, 0.1) is 21.5 Å². The molecule has 0 heterocycles. The van der Waals surface area contributed by atoms with Crippen molar-refractivity contribution in [3.8, 4) is 6.07 Å². The number of halogens is 1. The maximum Gasteiger partial charge on any atom is 0.284 e. The van der Waals surface area contributed by atoms with Crippen LogP contribution >= 0.6 is 27.7 Å². The van der Waals surface area contributed by atoms with E-state index in [1.165, 1.54) is 17.8 Å². The molecule has 0 fully saturated rings. The molecule has 0 aliphatic heterocycles. The van der Waals surface area contributed by atoms with E-state index in [1.807, 2.05) is 6.07 Å². The highest BCUT2D eigenvalue weighted by Crippen LogP contribution is 2.36. The van der Waals surface area contributed by atoms with Gasteiger partial charge in [-0.3, -0.25) is 10.1 Å². The van der Waals surface area contributed by atoms with Crippen LogP contribution in [0.1, 0.15) is 5.56 Å². The minimum atomic E-state index is -0.406. The number of benzene rings is 2. The van der Waals surface area contributed by atoms with E-state index < -0.39 is 4.92 Å². The van der Waals surface area contributed by atoms with Crippen molar-refractivity contribution >= 4 is 33.4 Å². The predicted octanol–water partition coefficient (Wildman–Crippen LogP) is 4.38. The zero-order valence-corrected chi connectivity index (χ0v) is 11.9. The van der Waals surface area contributed by atoms with Crippen LogP contribution in [0.25, 0.3) is 0 Å². The Bertz CT molecular complexity index is 665. The summed E-state index contributed by atoms with van der Waals surface area (Å²) in [6, 6.07) is 13.9. The lowest BCUT2D eigenvalue weighted by Gasteiger charge is -2.03. The van der Waals surface area contributed by atoms with Gasteiger partial charge in [-0.1, -0.05) is 27.7 Å². The molecule has 2 aromatic carbocycles. The summed E-state index contributed by atoms with van der Waals surface area (Å²) in [7, 11) is 0. The first-order valence-corrected chi connectivity index (χ1v) is 6.83. The van der Waals surface area contributed by atoms with Gasteiger partial charge in [0.15, 0.2) is 0 Å². The second kappa shape index (κ2) is 5.87. The van der Waals surface area contributed by atoms with Gasteiger partial charge < -0.3 is 0 Å². The Balaban J connectivity index is 2.32. The van der Waals surface area contributed by atoms with E-state index >= 15 is 0 Å². The molecule has 6 heteroatoms. The number of nitro benzene ring substituents is 1. The SMILES string of the molecule is N#Cc1ccc(Sc2ccc(Br)cc2[N+](=O)[O-])cc1. The Labute approximate surface area is 122 Å². The number of rotatable bonds is 3. The van der Waals surface area contributed by atoms with Gasteiger partial charge in [-0.15, -0.1) is 0 Å². The maximum atomic E-state index is 11.0. The largest absolute Gasteiger partial charge is 0.284 e.